The van der Waals surface area contributed by atoms with Crippen LogP contribution in [0.3, 0.4) is 0 Å². The zero-order valence-electron chi connectivity index (χ0n) is 12.8. The van der Waals surface area contributed by atoms with Crippen molar-refractivity contribution >= 4 is 22.0 Å². The van der Waals surface area contributed by atoms with Crippen LogP contribution < -0.4 is 9.81 Å². The molecule has 1 atom stereocenters. The van der Waals surface area contributed by atoms with Gasteiger partial charge in [0.05, 0.1) is 0 Å². The summed E-state index contributed by atoms with van der Waals surface area (Å²) >= 11 is -3.50. The normalized spacial score (nSPS) is 13.0. The van der Waals surface area contributed by atoms with Gasteiger partial charge >= 0.3 is 22.2 Å². The first kappa shape index (κ1) is 17.2. The van der Waals surface area contributed by atoms with Gasteiger partial charge in [0.2, 0.25) is 0 Å². The Labute approximate surface area is 142 Å². The maximum absolute atomic E-state index is 12.3. The summed E-state index contributed by atoms with van der Waals surface area (Å²) in [6, 6.07) is 12.5. The van der Waals surface area contributed by atoms with E-state index in [4.69, 9.17) is 4.42 Å². The van der Waals surface area contributed by atoms with Crippen molar-refractivity contribution < 1.29 is 26.0 Å². The molecule has 3 aromatic rings. The Morgan fingerprint density at radius 3 is 2.44 bits per heavy atom. The van der Waals surface area contributed by atoms with Crippen LogP contribution in [0.25, 0.3) is 22.1 Å². The summed E-state index contributed by atoms with van der Waals surface area (Å²) in [5, 5.41) is 0.527. The standard InChI is InChI=1S/C17H11F3O4S/c1-10-4-2-3-5-12(10)14-9-16(21)23-15-8-11(6-7-13(14)15)24-25(22)17(18,19)20/h2-9H,1H3. The third kappa shape index (κ3) is 3.58. The lowest BCUT2D eigenvalue weighted by Gasteiger charge is -2.10. The predicted octanol–water partition coefficient (Wildman–Crippen LogP) is 4.33. The largest absolute Gasteiger partial charge is 0.508 e. The molecule has 2 aromatic carbocycles. The molecule has 0 aliphatic carbocycles. The molecule has 130 valence electrons. The second-order valence-electron chi connectivity index (χ2n) is 5.22. The van der Waals surface area contributed by atoms with Gasteiger partial charge in [0.15, 0.2) is 0 Å². The molecule has 25 heavy (non-hydrogen) atoms. The van der Waals surface area contributed by atoms with Crippen molar-refractivity contribution in [2.45, 2.75) is 12.4 Å². The van der Waals surface area contributed by atoms with Crippen molar-refractivity contribution in [2.75, 3.05) is 0 Å². The number of hydrogen-bond donors (Lipinski definition) is 0. The molecule has 0 aliphatic rings. The van der Waals surface area contributed by atoms with Crippen molar-refractivity contribution in [2.24, 2.45) is 0 Å². The van der Waals surface area contributed by atoms with Gasteiger partial charge in [0.1, 0.15) is 11.3 Å². The highest BCUT2D eigenvalue weighted by atomic mass is 32.2. The molecule has 0 fully saturated rings. The van der Waals surface area contributed by atoms with Crippen LogP contribution in [0.2, 0.25) is 0 Å². The van der Waals surface area contributed by atoms with Crippen LogP contribution in [0.1, 0.15) is 5.56 Å². The SMILES string of the molecule is Cc1ccccc1-c1cc(=O)oc2cc(OS(=O)C(F)(F)F)ccc12. The number of alkyl halides is 3. The molecule has 0 amide bonds. The Balaban J connectivity index is 2.12. The minimum absolute atomic E-state index is 0.0439. The van der Waals surface area contributed by atoms with Crippen LogP contribution in [0.5, 0.6) is 5.75 Å². The highest BCUT2D eigenvalue weighted by Gasteiger charge is 2.40. The molecule has 0 spiro atoms. The Bertz CT molecular complexity index is 1020. The van der Waals surface area contributed by atoms with Gasteiger partial charge in [-0.3, -0.25) is 0 Å². The summed E-state index contributed by atoms with van der Waals surface area (Å²) in [6.45, 7) is 1.87. The molecule has 3 rings (SSSR count). The zero-order valence-corrected chi connectivity index (χ0v) is 13.6. The van der Waals surface area contributed by atoms with E-state index in [1.54, 1.807) is 0 Å². The lowest BCUT2D eigenvalue weighted by Crippen LogP contribution is -2.20. The van der Waals surface area contributed by atoms with E-state index in [2.05, 4.69) is 4.18 Å². The summed E-state index contributed by atoms with van der Waals surface area (Å²) in [5.74, 6) is -0.312. The van der Waals surface area contributed by atoms with E-state index in [1.165, 1.54) is 18.2 Å². The van der Waals surface area contributed by atoms with Crippen LogP contribution in [0, 0.1) is 6.92 Å². The minimum atomic E-state index is -5.00. The van der Waals surface area contributed by atoms with Gasteiger partial charge in [-0.05, 0) is 30.2 Å². The number of hydrogen-bond acceptors (Lipinski definition) is 4. The van der Waals surface area contributed by atoms with Crippen LogP contribution in [-0.4, -0.2) is 9.72 Å². The summed E-state index contributed by atoms with van der Waals surface area (Å²) in [6.07, 6.45) is 0. The van der Waals surface area contributed by atoms with E-state index >= 15 is 0 Å². The van der Waals surface area contributed by atoms with Crippen LogP contribution >= 0.6 is 0 Å². The third-order valence-electron chi connectivity index (χ3n) is 3.51. The fraction of sp³-hybridized carbons (Fsp3) is 0.118. The van der Waals surface area contributed by atoms with Gasteiger partial charge in [-0.15, -0.1) is 0 Å². The third-order valence-corrected chi connectivity index (χ3v) is 4.23. The first-order valence-corrected chi connectivity index (χ1v) is 8.14. The second kappa shape index (κ2) is 6.36. The van der Waals surface area contributed by atoms with E-state index in [0.717, 1.165) is 17.2 Å². The first-order chi connectivity index (χ1) is 11.8. The molecule has 0 saturated carbocycles. The molecular weight excluding hydrogens is 357 g/mol. The Hall–Kier alpha value is -2.61. The highest BCUT2D eigenvalue weighted by Crippen LogP contribution is 2.32. The van der Waals surface area contributed by atoms with Crippen molar-refractivity contribution in [3.05, 3.63) is 64.5 Å². The van der Waals surface area contributed by atoms with Crippen molar-refractivity contribution in [3.63, 3.8) is 0 Å². The smallest absolute Gasteiger partial charge is 0.423 e. The monoisotopic (exact) mass is 368 g/mol. The molecule has 4 nitrogen and oxygen atoms in total. The second-order valence-corrected chi connectivity index (χ2v) is 6.31. The first-order valence-electron chi connectivity index (χ1n) is 7.06. The zero-order chi connectivity index (χ0) is 18.2. The number of halogens is 3. The van der Waals surface area contributed by atoms with E-state index in [0.29, 0.717) is 10.9 Å². The quantitative estimate of drug-likeness (QED) is 0.646. The molecule has 1 heterocycles. The average Bonchev–Trinajstić information content (AvgIpc) is 2.53. The van der Waals surface area contributed by atoms with Crippen LogP contribution in [0.15, 0.2) is 57.7 Å². The molecule has 1 aromatic heterocycles. The van der Waals surface area contributed by atoms with Gasteiger partial charge < -0.3 is 8.60 Å². The van der Waals surface area contributed by atoms with Gasteiger partial charge in [-0.2, -0.15) is 13.2 Å². The van der Waals surface area contributed by atoms with Gasteiger partial charge in [-0.25, -0.2) is 9.00 Å². The summed E-state index contributed by atoms with van der Waals surface area (Å²) < 4.78 is 57.5. The molecule has 8 heteroatoms. The van der Waals surface area contributed by atoms with Crippen molar-refractivity contribution in [1.82, 2.24) is 0 Å². The molecule has 1 unspecified atom stereocenters. The fourth-order valence-electron chi connectivity index (χ4n) is 2.43. The maximum Gasteiger partial charge on any atom is 0.508 e. The summed E-state index contributed by atoms with van der Waals surface area (Å²) in [7, 11) is 0. The Kier molecular flexibility index (Phi) is 4.38. The molecule has 0 aliphatic heterocycles. The molecular formula is C17H11F3O4S. The fourth-order valence-corrected chi connectivity index (χ4v) is 2.80. The van der Waals surface area contributed by atoms with Gasteiger partial charge in [-0.1, -0.05) is 24.3 Å². The van der Waals surface area contributed by atoms with Crippen LogP contribution in [-0.2, 0) is 11.1 Å². The maximum atomic E-state index is 12.3. The number of aryl methyl sites for hydroxylation is 1. The van der Waals surface area contributed by atoms with E-state index in [9.17, 15) is 22.2 Å². The Morgan fingerprint density at radius 2 is 1.76 bits per heavy atom. The lowest BCUT2D eigenvalue weighted by atomic mass is 9.98. The van der Waals surface area contributed by atoms with E-state index in [1.807, 2.05) is 31.2 Å². The van der Waals surface area contributed by atoms with Crippen molar-refractivity contribution in [1.29, 1.82) is 0 Å². The average molecular weight is 368 g/mol. The Morgan fingerprint density at radius 1 is 1.04 bits per heavy atom. The molecule has 0 N–H and O–H groups in total. The van der Waals surface area contributed by atoms with E-state index < -0.39 is 22.2 Å². The number of fused-ring (bicyclic) bond motifs is 1. The van der Waals surface area contributed by atoms with Crippen molar-refractivity contribution in [3.8, 4) is 16.9 Å². The van der Waals surface area contributed by atoms with Gasteiger partial charge in [0, 0.05) is 23.1 Å². The summed E-state index contributed by atoms with van der Waals surface area (Å²) in [5.41, 5.74) is -3.30. The number of rotatable bonds is 3. The van der Waals surface area contributed by atoms with Gasteiger partial charge in [0.25, 0.3) is 0 Å². The minimum Gasteiger partial charge on any atom is -0.423 e. The molecule has 0 bridgehead atoms. The molecule has 0 radical (unpaired) electrons. The summed E-state index contributed by atoms with van der Waals surface area (Å²) in [4.78, 5) is 11.8. The topological polar surface area (TPSA) is 56.5 Å². The molecule has 0 saturated heterocycles. The number of benzene rings is 2. The van der Waals surface area contributed by atoms with Crippen LogP contribution in [0.4, 0.5) is 13.2 Å². The predicted molar refractivity (Wildman–Crippen MR) is 87.5 cm³/mol. The lowest BCUT2D eigenvalue weighted by molar-refractivity contribution is -0.0437. The van der Waals surface area contributed by atoms with E-state index in [-0.39, 0.29) is 11.3 Å². The highest BCUT2D eigenvalue weighted by molar-refractivity contribution is 7.81.